The standard InChI is InChI=1S/C8H8BrF5S/c1-6-2-3-8(4-7(6)5-9)15(10,11,12,13)14/h2-4H,5H2,1H3. The minimum atomic E-state index is -9.53. The summed E-state index contributed by atoms with van der Waals surface area (Å²) in [7, 11) is -9.53. The van der Waals surface area contributed by atoms with Gasteiger partial charge < -0.3 is 0 Å². The van der Waals surface area contributed by atoms with Gasteiger partial charge in [-0.1, -0.05) is 41.4 Å². The normalized spacial score (nSPS) is 17.0. The van der Waals surface area contributed by atoms with Crippen LogP contribution in [0.5, 0.6) is 0 Å². The second kappa shape index (κ2) is 2.88. The van der Waals surface area contributed by atoms with Gasteiger partial charge in [0.2, 0.25) is 0 Å². The van der Waals surface area contributed by atoms with Crippen molar-refractivity contribution in [2.24, 2.45) is 0 Å². The lowest BCUT2D eigenvalue weighted by Gasteiger charge is -2.40. The van der Waals surface area contributed by atoms with Crippen LogP contribution < -0.4 is 0 Å². The van der Waals surface area contributed by atoms with Crippen molar-refractivity contribution in [1.29, 1.82) is 0 Å². The number of aryl methyl sites for hydroxylation is 1. The first-order chi connectivity index (χ1) is 6.44. The fourth-order valence-electron chi connectivity index (χ4n) is 1.03. The van der Waals surface area contributed by atoms with E-state index < -0.39 is 15.1 Å². The van der Waals surface area contributed by atoms with Crippen molar-refractivity contribution in [3.63, 3.8) is 0 Å². The molecule has 0 N–H and O–H groups in total. The maximum atomic E-state index is 12.4. The van der Waals surface area contributed by atoms with E-state index in [0.29, 0.717) is 17.7 Å². The highest BCUT2D eigenvalue weighted by atomic mass is 79.9. The summed E-state index contributed by atoms with van der Waals surface area (Å²) >= 11 is 2.95. The molecule has 0 saturated heterocycles. The van der Waals surface area contributed by atoms with Gasteiger partial charge in [0.15, 0.2) is 0 Å². The Hall–Kier alpha value is -0.300. The molecular formula is C8H8BrF5S. The van der Waals surface area contributed by atoms with E-state index in [9.17, 15) is 19.4 Å². The van der Waals surface area contributed by atoms with Gasteiger partial charge in [0.05, 0.1) is 0 Å². The number of hydrogen-bond acceptors (Lipinski definition) is 0. The molecule has 0 aliphatic carbocycles. The van der Waals surface area contributed by atoms with Crippen LogP contribution in [0.1, 0.15) is 11.1 Å². The fraction of sp³-hybridized carbons (Fsp3) is 0.250. The lowest BCUT2D eigenvalue weighted by atomic mass is 10.1. The Bertz CT molecular complexity index is 396. The predicted molar refractivity (Wildman–Crippen MR) is 55.2 cm³/mol. The Labute approximate surface area is 92.3 Å². The largest absolute Gasteiger partial charge is 0.310 e. The van der Waals surface area contributed by atoms with Crippen LogP contribution in [0, 0.1) is 6.92 Å². The van der Waals surface area contributed by atoms with Gasteiger partial charge in [-0.15, -0.1) is 0 Å². The topological polar surface area (TPSA) is 0 Å². The smallest absolute Gasteiger partial charge is 0.0936 e. The first-order valence-corrected chi connectivity index (χ1v) is 6.91. The molecule has 0 spiro atoms. The van der Waals surface area contributed by atoms with Gasteiger partial charge in [-0.2, -0.15) is 0 Å². The molecule has 0 aliphatic rings. The van der Waals surface area contributed by atoms with Crippen molar-refractivity contribution >= 4 is 26.2 Å². The first kappa shape index (κ1) is 12.8. The van der Waals surface area contributed by atoms with Gasteiger partial charge in [0.1, 0.15) is 4.90 Å². The molecule has 88 valence electrons. The molecule has 0 nitrogen and oxygen atoms in total. The molecule has 0 aliphatic heterocycles. The first-order valence-electron chi connectivity index (χ1n) is 3.83. The minimum Gasteiger partial charge on any atom is -0.0936 e. The Balaban J connectivity index is 3.44. The lowest BCUT2D eigenvalue weighted by Crippen LogP contribution is -2.06. The summed E-state index contributed by atoms with van der Waals surface area (Å²) in [4.78, 5) is -1.84. The van der Waals surface area contributed by atoms with Crippen LogP contribution >= 0.6 is 26.2 Å². The average Bonchev–Trinajstić information content (AvgIpc) is 2.00. The van der Waals surface area contributed by atoms with E-state index in [-0.39, 0.29) is 10.9 Å². The molecule has 0 heterocycles. The van der Waals surface area contributed by atoms with Crippen LogP contribution in [0.3, 0.4) is 0 Å². The molecule has 0 fully saturated rings. The predicted octanol–water partition coefficient (Wildman–Crippen LogP) is 5.55. The number of rotatable bonds is 2. The summed E-state index contributed by atoms with van der Waals surface area (Å²) in [5, 5.41) is 0.112. The number of hydrogen-bond donors (Lipinski definition) is 0. The van der Waals surface area contributed by atoms with Gasteiger partial charge in [0.25, 0.3) is 0 Å². The second-order valence-electron chi connectivity index (χ2n) is 3.19. The molecule has 1 aromatic carbocycles. The number of halogens is 6. The van der Waals surface area contributed by atoms with E-state index in [1.807, 2.05) is 0 Å². The van der Waals surface area contributed by atoms with Crippen LogP contribution in [0.15, 0.2) is 23.1 Å². The quantitative estimate of drug-likeness (QED) is 0.496. The van der Waals surface area contributed by atoms with E-state index in [1.54, 1.807) is 6.92 Å². The summed E-state index contributed by atoms with van der Waals surface area (Å²) in [5.74, 6) is 0. The monoisotopic (exact) mass is 310 g/mol. The highest BCUT2D eigenvalue weighted by Gasteiger charge is 2.65. The third kappa shape index (κ3) is 3.07. The molecule has 1 rings (SSSR count). The number of alkyl halides is 1. The molecule has 0 amide bonds. The third-order valence-electron chi connectivity index (χ3n) is 1.91. The van der Waals surface area contributed by atoms with E-state index in [1.165, 1.54) is 0 Å². The molecule has 0 unspecified atom stereocenters. The molecule has 0 aromatic heterocycles. The van der Waals surface area contributed by atoms with Crippen molar-refractivity contribution in [1.82, 2.24) is 0 Å². The lowest BCUT2D eigenvalue weighted by molar-refractivity contribution is 0.364. The van der Waals surface area contributed by atoms with Gasteiger partial charge in [0, 0.05) is 5.33 Å². The Kier molecular flexibility index (Phi) is 2.45. The van der Waals surface area contributed by atoms with Crippen LogP contribution in [0.4, 0.5) is 19.4 Å². The van der Waals surface area contributed by atoms with Gasteiger partial charge >= 0.3 is 10.2 Å². The van der Waals surface area contributed by atoms with Gasteiger partial charge in [-0.3, -0.25) is 0 Å². The summed E-state index contributed by atoms with van der Waals surface area (Å²) in [5.41, 5.74) is 0.748. The Morgan fingerprint density at radius 2 is 1.67 bits per heavy atom. The van der Waals surface area contributed by atoms with Crippen molar-refractivity contribution in [3.8, 4) is 0 Å². The number of benzene rings is 1. The van der Waals surface area contributed by atoms with E-state index >= 15 is 0 Å². The van der Waals surface area contributed by atoms with Crippen molar-refractivity contribution in [3.05, 3.63) is 29.3 Å². The summed E-state index contributed by atoms with van der Waals surface area (Å²) in [6, 6.07) is 1.96. The van der Waals surface area contributed by atoms with Crippen molar-refractivity contribution in [2.75, 3.05) is 0 Å². The van der Waals surface area contributed by atoms with Crippen LogP contribution in [0.2, 0.25) is 0 Å². The molecule has 0 bridgehead atoms. The van der Waals surface area contributed by atoms with Gasteiger partial charge in [-0.25, -0.2) is 0 Å². The third-order valence-corrected chi connectivity index (χ3v) is 3.66. The molecular weight excluding hydrogens is 303 g/mol. The zero-order valence-electron chi connectivity index (χ0n) is 7.62. The SMILES string of the molecule is Cc1ccc(S(F)(F)(F)(F)F)cc1CBr. The van der Waals surface area contributed by atoms with Gasteiger partial charge in [-0.05, 0) is 30.2 Å². The summed E-state index contributed by atoms with van der Waals surface area (Å²) in [6.07, 6.45) is 0. The highest BCUT2D eigenvalue weighted by Crippen LogP contribution is 3.02. The summed E-state index contributed by atoms with van der Waals surface area (Å²) < 4.78 is 61.9. The minimum absolute atomic E-state index is 0.112. The zero-order chi connectivity index (χ0) is 12.0. The van der Waals surface area contributed by atoms with Crippen molar-refractivity contribution < 1.29 is 19.4 Å². The second-order valence-corrected chi connectivity index (χ2v) is 6.16. The van der Waals surface area contributed by atoms with E-state index in [0.717, 1.165) is 6.07 Å². The summed E-state index contributed by atoms with van der Waals surface area (Å²) in [6.45, 7) is 1.56. The Morgan fingerprint density at radius 1 is 1.13 bits per heavy atom. The maximum absolute atomic E-state index is 12.4. The van der Waals surface area contributed by atoms with Crippen LogP contribution in [-0.4, -0.2) is 0 Å². The molecule has 0 radical (unpaired) electrons. The van der Waals surface area contributed by atoms with Crippen LogP contribution in [-0.2, 0) is 5.33 Å². The van der Waals surface area contributed by atoms with Crippen molar-refractivity contribution in [2.45, 2.75) is 17.1 Å². The Morgan fingerprint density at radius 3 is 2.07 bits per heavy atom. The molecule has 7 heteroatoms. The molecule has 0 atom stereocenters. The van der Waals surface area contributed by atoms with E-state index in [2.05, 4.69) is 15.9 Å². The fourth-order valence-corrected chi connectivity index (χ4v) is 2.33. The highest BCUT2D eigenvalue weighted by molar-refractivity contribution is 9.08. The molecule has 1 aromatic rings. The molecule has 15 heavy (non-hydrogen) atoms. The van der Waals surface area contributed by atoms with Crippen LogP contribution in [0.25, 0.3) is 0 Å². The average molecular weight is 311 g/mol. The molecule has 0 saturated carbocycles. The van der Waals surface area contributed by atoms with E-state index in [4.69, 9.17) is 0 Å². The zero-order valence-corrected chi connectivity index (χ0v) is 10.0. The maximum Gasteiger partial charge on any atom is 0.310 e.